The van der Waals surface area contributed by atoms with Crippen molar-refractivity contribution in [3.8, 4) is 5.75 Å². The highest BCUT2D eigenvalue weighted by Crippen LogP contribution is 2.34. The molecule has 3 nitrogen and oxygen atoms in total. The number of anilines is 1. The van der Waals surface area contributed by atoms with Crippen LogP contribution in [0.15, 0.2) is 12.1 Å². The lowest BCUT2D eigenvalue weighted by Crippen LogP contribution is -2.23. The summed E-state index contributed by atoms with van der Waals surface area (Å²) in [5.41, 5.74) is 1.60. The van der Waals surface area contributed by atoms with Gasteiger partial charge in [-0.1, -0.05) is 11.6 Å². The van der Waals surface area contributed by atoms with Crippen molar-refractivity contribution in [3.05, 3.63) is 22.7 Å². The molecule has 0 N–H and O–H groups in total. The number of carbonyl (C=O) groups excluding carboxylic acids is 1. The first kappa shape index (κ1) is 11.9. The van der Waals surface area contributed by atoms with Crippen LogP contribution in [0.25, 0.3) is 0 Å². The Bertz CT molecular complexity index is 390. The standard InChI is InChI=1S/C11H14ClNO2/c1-7-5-9(12)6-10(11(7)15-4)13(3)8(2)14/h5-6H,1-4H3. The molecular formula is C11H14ClNO2. The summed E-state index contributed by atoms with van der Waals surface area (Å²) in [5, 5.41) is 0.594. The summed E-state index contributed by atoms with van der Waals surface area (Å²) in [5.74, 6) is 0.618. The predicted octanol–water partition coefficient (Wildman–Crippen LogP) is 2.64. The molecule has 15 heavy (non-hydrogen) atoms. The van der Waals surface area contributed by atoms with Crippen LogP contribution in [0.1, 0.15) is 12.5 Å². The lowest BCUT2D eigenvalue weighted by molar-refractivity contribution is -0.116. The van der Waals surface area contributed by atoms with Crippen molar-refractivity contribution in [2.24, 2.45) is 0 Å². The maximum Gasteiger partial charge on any atom is 0.223 e. The van der Waals surface area contributed by atoms with E-state index < -0.39 is 0 Å². The Labute approximate surface area is 94.6 Å². The van der Waals surface area contributed by atoms with Gasteiger partial charge in [0.15, 0.2) is 0 Å². The zero-order chi connectivity index (χ0) is 11.6. The third-order valence-corrected chi connectivity index (χ3v) is 2.48. The van der Waals surface area contributed by atoms with Crippen molar-refractivity contribution in [1.82, 2.24) is 0 Å². The Morgan fingerprint density at radius 3 is 2.53 bits per heavy atom. The van der Waals surface area contributed by atoms with Crippen LogP contribution in [0.4, 0.5) is 5.69 Å². The fourth-order valence-corrected chi connectivity index (χ4v) is 1.66. The number of benzene rings is 1. The Morgan fingerprint density at radius 2 is 2.07 bits per heavy atom. The molecule has 0 aromatic heterocycles. The van der Waals surface area contributed by atoms with Gasteiger partial charge in [0.25, 0.3) is 0 Å². The second kappa shape index (κ2) is 4.53. The maximum absolute atomic E-state index is 11.3. The van der Waals surface area contributed by atoms with E-state index in [0.29, 0.717) is 16.5 Å². The minimum Gasteiger partial charge on any atom is -0.494 e. The van der Waals surface area contributed by atoms with Crippen LogP contribution < -0.4 is 9.64 Å². The first-order chi connectivity index (χ1) is 6.97. The van der Waals surface area contributed by atoms with Gasteiger partial charge in [-0.25, -0.2) is 0 Å². The number of amides is 1. The summed E-state index contributed by atoms with van der Waals surface area (Å²) >= 11 is 5.93. The van der Waals surface area contributed by atoms with Gasteiger partial charge < -0.3 is 9.64 Å². The highest BCUT2D eigenvalue weighted by molar-refractivity contribution is 6.31. The highest BCUT2D eigenvalue weighted by atomic mass is 35.5. The van der Waals surface area contributed by atoms with Gasteiger partial charge in [-0.05, 0) is 24.6 Å². The first-order valence-electron chi connectivity index (χ1n) is 4.55. The van der Waals surface area contributed by atoms with Crippen LogP contribution >= 0.6 is 11.6 Å². The molecule has 0 unspecified atom stereocenters. The van der Waals surface area contributed by atoms with Gasteiger partial charge in [-0.2, -0.15) is 0 Å². The summed E-state index contributed by atoms with van der Waals surface area (Å²) in [7, 11) is 3.27. The molecule has 0 aliphatic carbocycles. The second-order valence-electron chi connectivity index (χ2n) is 3.35. The molecule has 0 saturated carbocycles. The summed E-state index contributed by atoms with van der Waals surface area (Å²) in [6.07, 6.45) is 0. The van der Waals surface area contributed by atoms with Crippen LogP contribution in [0.2, 0.25) is 5.02 Å². The van der Waals surface area contributed by atoms with Gasteiger partial charge in [-0.3, -0.25) is 4.79 Å². The van der Waals surface area contributed by atoms with Crippen molar-refractivity contribution in [2.75, 3.05) is 19.1 Å². The predicted molar refractivity (Wildman–Crippen MR) is 61.8 cm³/mol. The molecule has 0 aliphatic heterocycles. The fraction of sp³-hybridized carbons (Fsp3) is 0.364. The van der Waals surface area contributed by atoms with E-state index in [-0.39, 0.29) is 5.91 Å². The van der Waals surface area contributed by atoms with E-state index in [1.54, 1.807) is 26.3 Å². The van der Waals surface area contributed by atoms with Gasteiger partial charge in [0, 0.05) is 19.0 Å². The molecule has 1 rings (SSSR count). The highest BCUT2D eigenvalue weighted by Gasteiger charge is 2.14. The van der Waals surface area contributed by atoms with Gasteiger partial charge in [0.2, 0.25) is 5.91 Å². The van der Waals surface area contributed by atoms with Crippen LogP contribution in [-0.4, -0.2) is 20.1 Å². The first-order valence-corrected chi connectivity index (χ1v) is 4.93. The number of hydrogen-bond donors (Lipinski definition) is 0. The van der Waals surface area contributed by atoms with E-state index in [4.69, 9.17) is 16.3 Å². The van der Waals surface area contributed by atoms with Crippen molar-refractivity contribution < 1.29 is 9.53 Å². The topological polar surface area (TPSA) is 29.5 Å². The average molecular weight is 228 g/mol. The molecule has 0 spiro atoms. The average Bonchev–Trinajstić information content (AvgIpc) is 2.15. The van der Waals surface area contributed by atoms with E-state index in [1.165, 1.54) is 11.8 Å². The molecule has 1 amide bonds. The quantitative estimate of drug-likeness (QED) is 0.778. The minimum absolute atomic E-state index is 0.0602. The maximum atomic E-state index is 11.3. The molecule has 1 aromatic rings. The zero-order valence-electron chi connectivity index (χ0n) is 9.30. The summed E-state index contributed by atoms with van der Waals surface area (Å²) < 4.78 is 5.25. The summed E-state index contributed by atoms with van der Waals surface area (Å²) in [4.78, 5) is 12.8. The van der Waals surface area contributed by atoms with Gasteiger partial charge >= 0.3 is 0 Å². The fourth-order valence-electron chi connectivity index (χ4n) is 1.40. The molecule has 0 bridgehead atoms. The Balaban J connectivity index is 3.32. The van der Waals surface area contributed by atoms with Crippen LogP contribution in [0.3, 0.4) is 0 Å². The van der Waals surface area contributed by atoms with Gasteiger partial charge in [-0.15, -0.1) is 0 Å². The van der Waals surface area contributed by atoms with Crippen molar-refractivity contribution in [1.29, 1.82) is 0 Å². The van der Waals surface area contributed by atoms with Crippen molar-refractivity contribution >= 4 is 23.2 Å². The number of ether oxygens (including phenoxy) is 1. The smallest absolute Gasteiger partial charge is 0.223 e. The number of nitrogens with zero attached hydrogens (tertiary/aromatic N) is 1. The number of hydrogen-bond acceptors (Lipinski definition) is 2. The second-order valence-corrected chi connectivity index (χ2v) is 3.79. The third-order valence-electron chi connectivity index (χ3n) is 2.26. The molecule has 82 valence electrons. The molecule has 4 heteroatoms. The number of methoxy groups -OCH3 is 1. The van der Waals surface area contributed by atoms with E-state index in [0.717, 1.165) is 5.56 Å². The zero-order valence-corrected chi connectivity index (χ0v) is 10.1. The van der Waals surface area contributed by atoms with Crippen LogP contribution in [0, 0.1) is 6.92 Å². The largest absolute Gasteiger partial charge is 0.494 e. The minimum atomic E-state index is -0.0602. The molecule has 0 aliphatic rings. The molecule has 0 heterocycles. The molecule has 0 saturated heterocycles. The molecule has 0 fully saturated rings. The summed E-state index contributed by atoms with van der Waals surface area (Å²) in [6, 6.07) is 3.52. The normalized spacial score (nSPS) is 9.93. The lowest BCUT2D eigenvalue weighted by Gasteiger charge is -2.20. The van der Waals surface area contributed by atoms with Crippen LogP contribution in [-0.2, 0) is 4.79 Å². The number of carbonyl (C=O) groups is 1. The lowest BCUT2D eigenvalue weighted by atomic mass is 10.2. The van der Waals surface area contributed by atoms with Gasteiger partial charge in [0.1, 0.15) is 5.75 Å². The van der Waals surface area contributed by atoms with E-state index >= 15 is 0 Å². The Hall–Kier alpha value is -1.22. The van der Waals surface area contributed by atoms with E-state index in [2.05, 4.69) is 0 Å². The Morgan fingerprint density at radius 1 is 1.47 bits per heavy atom. The molecule has 0 radical (unpaired) electrons. The summed E-state index contributed by atoms with van der Waals surface area (Å²) in [6.45, 7) is 3.39. The van der Waals surface area contributed by atoms with Crippen molar-refractivity contribution in [2.45, 2.75) is 13.8 Å². The van der Waals surface area contributed by atoms with E-state index in [1.807, 2.05) is 6.92 Å². The third kappa shape index (κ3) is 2.42. The number of halogens is 1. The molecule has 0 atom stereocenters. The number of rotatable bonds is 2. The Kier molecular flexibility index (Phi) is 3.58. The molecule has 1 aromatic carbocycles. The number of aryl methyl sites for hydroxylation is 1. The SMILES string of the molecule is COc1c(C)cc(Cl)cc1N(C)C(C)=O. The van der Waals surface area contributed by atoms with E-state index in [9.17, 15) is 4.79 Å². The van der Waals surface area contributed by atoms with Gasteiger partial charge in [0.05, 0.1) is 12.8 Å². The van der Waals surface area contributed by atoms with Crippen LogP contribution in [0.5, 0.6) is 5.75 Å². The van der Waals surface area contributed by atoms with Crippen molar-refractivity contribution in [3.63, 3.8) is 0 Å². The molecular weight excluding hydrogens is 214 g/mol. The monoisotopic (exact) mass is 227 g/mol.